The summed E-state index contributed by atoms with van der Waals surface area (Å²) >= 11 is 0. The maximum Gasteiger partial charge on any atom is 0.305 e. The summed E-state index contributed by atoms with van der Waals surface area (Å²) in [4.78, 5) is 22.4. The second kappa shape index (κ2) is 3.56. The first kappa shape index (κ1) is 9.44. The van der Waals surface area contributed by atoms with Gasteiger partial charge in [-0.1, -0.05) is 12.2 Å². The van der Waals surface area contributed by atoms with Crippen molar-refractivity contribution >= 4 is 11.8 Å². The van der Waals surface area contributed by atoms with E-state index in [9.17, 15) is 9.59 Å². The molecule has 0 amide bonds. The predicted octanol–water partition coefficient (Wildman–Crippen LogP) is 1.33. The van der Waals surface area contributed by atoms with E-state index in [0.717, 1.165) is 0 Å². The second-order valence-corrected chi connectivity index (χ2v) is 4.10. The minimum Gasteiger partial charge on any atom is -0.469 e. The van der Waals surface area contributed by atoms with Crippen molar-refractivity contribution in [3.63, 3.8) is 0 Å². The lowest BCUT2D eigenvalue weighted by molar-refractivity contribution is -0.143. The summed E-state index contributed by atoms with van der Waals surface area (Å²) in [6, 6.07) is 0. The van der Waals surface area contributed by atoms with Crippen molar-refractivity contribution in [3.8, 4) is 0 Å². The molecule has 0 spiro atoms. The van der Waals surface area contributed by atoms with Gasteiger partial charge in [0.05, 0.1) is 7.11 Å². The molecular weight excluding hydrogens is 180 g/mol. The van der Waals surface area contributed by atoms with Gasteiger partial charge in [0.15, 0.2) is 0 Å². The molecule has 2 rings (SSSR count). The number of hydrogen-bond donors (Lipinski definition) is 0. The zero-order valence-electron chi connectivity index (χ0n) is 8.23. The molecule has 2 unspecified atom stereocenters. The Hall–Kier alpha value is -1.12. The highest BCUT2D eigenvalue weighted by molar-refractivity contribution is 5.81. The van der Waals surface area contributed by atoms with Gasteiger partial charge in [-0.25, -0.2) is 0 Å². The van der Waals surface area contributed by atoms with Crippen molar-refractivity contribution in [1.82, 2.24) is 0 Å². The van der Waals surface area contributed by atoms with E-state index in [4.69, 9.17) is 0 Å². The molecule has 3 nitrogen and oxygen atoms in total. The standard InChI is InChI=1S/C11H14O3/c1-14-11(13)6-10-7-2-3-8(10)5-9(12)4-7/h2-3,7-8,10H,4-6H2,1H3. The first-order chi connectivity index (χ1) is 6.70. The van der Waals surface area contributed by atoms with E-state index in [-0.39, 0.29) is 17.8 Å². The van der Waals surface area contributed by atoms with Crippen molar-refractivity contribution < 1.29 is 14.3 Å². The van der Waals surface area contributed by atoms with Gasteiger partial charge in [-0.3, -0.25) is 9.59 Å². The highest BCUT2D eigenvalue weighted by Crippen LogP contribution is 2.42. The number of rotatable bonds is 2. The number of carbonyl (C=O) groups excluding carboxylic acids is 2. The molecule has 0 aromatic rings. The maximum atomic E-state index is 11.3. The van der Waals surface area contributed by atoms with Crippen LogP contribution in [0.4, 0.5) is 0 Å². The van der Waals surface area contributed by atoms with E-state index < -0.39 is 0 Å². The minimum absolute atomic E-state index is 0.164. The van der Waals surface area contributed by atoms with Crippen LogP contribution in [0.25, 0.3) is 0 Å². The Morgan fingerprint density at radius 3 is 2.50 bits per heavy atom. The third kappa shape index (κ3) is 1.59. The predicted molar refractivity (Wildman–Crippen MR) is 50.5 cm³/mol. The van der Waals surface area contributed by atoms with Crippen LogP contribution in [0.15, 0.2) is 12.2 Å². The van der Waals surface area contributed by atoms with Gasteiger partial charge in [0, 0.05) is 19.3 Å². The van der Waals surface area contributed by atoms with E-state index >= 15 is 0 Å². The molecule has 1 saturated carbocycles. The summed E-state index contributed by atoms with van der Waals surface area (Å²) < 4.78 is 4.65. The maximum absolute atomic E-state index is 11.3. The summed E-state index contributed by atoms with van der Waals surface area (Å²) in [7, 11) is 1.41. The van der Waals surface area contributed by atoms with Gasteiger partial charge in [0.25, 0.3) is 0 Å². The number of ether oxygens (including phenoxy) is 1. The van der Waals surface area contributed by atoms with Crippen LogP contribution in [0.3, 0.4) is 0 Å². The Kier molecular flexibility index (Phi) is 2.40. The molecule has 2 aliphatic carbocycles. The molecular formula is C11H14O3. The summed E-state index contributed by atoms with van der Waals surface area (Å²) in [5.41, 5.74) is 0. The lowest BCUT2D eigenvalue weighted by atomic mass is 9.75. The normalized spacial score (nSPS) is 34.6. The van der Waals surface area contributed by atoms with E-state index in [2.05, 4.69) is 16.9 Å². The molecule has 0 saturated heterocycles. The van der Waals surface area contributed by atoms with E-state index in [0.29, 0.717) is 31.0 Å². The monoisotopic (exact) mass is 194 g/mol. The Balaban J connectivity index is 2.02. The fourth-order valence-corrected chi connectivity index (χ4v) is 2.51. The summed E-state index contributed by atoms with van der Waals surface area (Å²) in [5.74, 6) is 1.02. The van der Waals surface area contributed by atoms with Gasteiger partial charge in [-0.05, 0) is 17.8 Å². The lowest BCUT2D eigenvalue weighted by Gasteiger charge is -2.28. The molecule has 2 aliphatic rings. The summed E-state index contributed by atoms with van der Waals surface area (Å²) in [5, 5.41) is 0. The molecule has 1 fully saturated rings. The van der Waals surface area contributed by atoms with Gasteiger partial charge < -0.3 is 4.74 Å². The molecule has 14 heavy (non-hydrogen) atoms. The highest BCUT2D eigenvalue weighted by atomic mass is 16.5. The number of fused-ring (bicyclic) bond motifs is 2. The average molecular weight is 194 g/mol. The molecule has 0 aliphatic heterocycles. The van der Waals surface area contributed by atoms with Gasteiger partial charge in [0.2, 0.25) is 0 Å². The van der Waals surface area contributed by atoms with Crippen LogP contribution in [0.2, 0.25) is 0 Å². The number of methoxy groups -OCH3 is 1. The van der Waals surface area contributed by atoms with Crippen molar-refractivity contribution in [2.24, 2.45) is 17.8 Å². The number of allylic oxidation sites excluding steroid dienone is 2. The van der Waals surface area contributed by atoms with Crippen molar-refractivity contribution in [2.45, 2.75) is 19.3 Å². The quantitative estimate of drug-likeness (QED) is 0.492. The Bertz CT molecular complexity index is 275. The second-order valence-electron chi connectivity index (χ2n) is 4.10. The van der Waals surface area contributed by atoms with Crippen LogP contribution in [0.5, 0.6) is 0 Å². The fourth-order valence-electron chi connectivity index (χ4n) is 2.51. The third-order valence-corrected chi connectivity index (χ3v) is 3.26. The van der Waals surface area contributed by atoms with E-state index in [1.807, 2.05) is 0 Å². The average Bonchev–Trinajstić information content (AvgIpc) is 2.41. The van der Waals surface area contributed by atoms with Crippen molar-refractivity contribution in [1.29, 1.82) is 0 Å². The molecule has 0 aromatic heterocycles. The summed E-state index contributed by atoms with van der Waals surface area (Å²) in [6.07, 6.45) is 5.84. The topological polar surface area (TPSA) is 43.4 Å². The fraction of sp³-hybridized carbons (Fsp3) is 0.636. The van der Waals surface area contributed by atoms with Crippen LogP contribution in [-0.2, 0) is 14.3 Å². The lowest BCUT2D eigenvalue weighted by Crippen LogP contribution is -2.29. The molecule has 3 heteroatoms. The zero-order valence-corrected chi connectivity index (χ0v) is 8.23. The Labute approximate surface area is 83.1 Å². The number of carbonyl (C=O) groups is 2. The van der Waals surface area contributed by atoms with Crippen LogP contribution >= 0.6 is 0 Å². The van der Waals surface area contributed by atoms with Crippen molar-refractivity contribution in [2.75, 3.05) is 7.11 Å². The SMILES string of the molecule is COC(=O)CC1C2C=CC1CC(=O)C2. The van der Waals surface area contributed by atoms with Crippen molar-refractivity contribution in [3.05, 3.63) is 12.2 Å². The first-order valence-electron chi connectivity index (χ1n) is 4.97. The highest BCUT2D eigenvalue weighted by Gasteiger charge is 2.39. The van der Waals surface area contributed by atoms with Gasteiger partial charge in [0.1, 0.15) is 5.78 Å². The molecule has 2 bridgehead atoms. The number of esters is 1. The van der Waals surface area contributed by atoms with Gasteiger partial charge >= 0.3 is 5.97 Å². The number of Topliss-reactive ketones (excluding diaryl/α,β-unsaturated/α-hetero) is 1. The molecule has 2 atom stereocenters. The minimum atomic E-state index is -0.164. The third-order valence-electron chi connectivity index (χ3n) is 3.26. The van der Waals surface area contributed by atoms with Crippen LogP contribution in [-0.4, -0.2) is 18.9 Å². The van der Waals surface area contributed by atoms with E-state index in [1.54, 1.807) is 0 Å². The Morgan fingerprint density at radius 1 is 1.43 bits per heavy atom. The largest absolute Gasteiger partial charge is 0.469 e. The molecule has 0 N–H and O–H groups in total. The number of ketones is 1. The Morgan fingerprint density at radius 2 is 2.00 bits per heavy atom. The van der Waals surface area contributed by atoms with Gasteiger partial charge in [-0.2, -0.15) is 0 Å². The molecule has 0 radical (unpaired) electrons. The van der Waals surface area contributed by atoms with E-state index in [1.165, 1.54) is 7.11 Å². The molecule has 0 heterocycles. The van der Waals surface area contributed by atoms with Crippen LogP contribution < -0.4 is 0 Å². The van der Waals surface area contributed by atoms with Gasteiger partial charge in [-0.15, -0.1) is 0 Å². The first-order valence-corrected chi connectivity index (χ1v) is 4.97. The van der Waals surface area contributed by atoms with Crippen LogP contribution in [0, 0.1) is 17.8 Å². The van der Waals surface area contributed by atoms with Crippen LogP contribution in [0.1, 0.15) is 19.3 Å². The molecule has 0 aromatic carbocycles. The number of hydrogen-bond acceptors (Lipinski definition) is 3. The summed E-state index contributed by atoms with van der Waals surface area (Å²) in [6.45, 7) is 0. The molecule has 76 valence electrons. The smallest absolute Gasteiger partial charge is 0.305 e. The zero-order chi connectivity index (χ0) is 10.1.